The first kappa shape index (κ1) is 21.6. The van der Waals surface area contributed by atoms with Gasteiger partial charge in [0.2, 0.25) is 0 Å². The van der Waals surface area contributed by atoms with Crippen LogP contribution in [0, 0.1) is 0 Å². The van der Waals surface area contributed by atoms with Crippen molar-refractivity contribution in [3.05, 3.63) is 54.4 Å². The predicted octanol–water partition coefficient (Wildman–Crippen LogP) is 2.79. The van der Waals surface area contributed by atoms with E-state index in [1.807, 2.05) is 40.9 Å². The van der Waals surface area contributed by atoms with Crippen LogP contribution in [0.1, 0.15) is 30.8 Å². The Morgan fingerprint density at radius 3 is 2.97 bits per heavy atom. The Morgan fingerprint density at radius 2 is 2.14 bits per heavy atom. The molecular formula is C20H27IN6O2. The van der Waals surface area contributed by atoms with Crippen LogP contribution in [0.4, 0.5) is 0 Å². The molecule has 1 aliphatic heterocycles. The van der Waals surface area contributed by atoms with E-state index >= 15 is 0 Å². The molecule has 0 saturated carbocycles. The van der Waals surface area contributed by atoms with Crippen molar-refractivity contribution in [3.63, 3.8) is 0 Å². The van der Waals surface area contributed by atoms with Crippen LogP contribution in [-0.4, -0.2) is 46.4 Å². The number of rotatable bonds is 7. The molecule has 4 heterocycles. The van der Waals surface area contributed by atoms with E-state index in [1.54, 1.807) is 6.26 Å². The molecule has 0 bridgehead atoms. The lowest BCUT2D eigenvalue weighted by Gasteiger charge is -2.23. The Morgan fingerprint density at radius 1 is 1.17 bits per heavy atom. The van der Waals surface area contributed by atoms with Crippen LogP contribution in [0.3, 0.4) is 0 Å². The van der Waals surface area contributed by atoms with E-state index in [-0.39, 0.29) is 30.1 Å². The Hall–Kier alpha value is -2.14. The van der Waals surface area contributed by atoms with E-state index in [4.69, 9.17) is 14.1 Å². The molecule has 29 heavy (non-hydrogen) atoms. The van der Waals surface area contributed by atoms with Crippen LogP contribution in [0.15, 0.2) is 52.2 Å². The Bertz CT molecular complexity index is 889. The number of nitrogens with one attached hydrogen (secondary N) is 2. The van der Waals surface area contributed by atoms with Gasteiger partial charge in [-0.25, -0.2) is 4.99 Å². The monoisotopic (exact) mass is 510 g/mol. The van der Waals surface area contributed by atoms with Gasteiger partial charge >= 0.3 is 0 Å². The standard InChI is InChI=1S/C20H26N6O2.HI/c1-3-11-26-18(8-1)24-25-19(26)15-23-20(21-10-9-16-7-5-13-27-16)22-14-17-6-2-4-12-28-17;/h1,3,5,7-8,11,13,17H,2,4,6,9-10,12,14-15H2,(H2,21,22,23);1H. The van der Waals surface area contributed by atoms with Crippen LogP contribution in [0.5, 0.6) is 0 Å². The first-order valence-corrected chi connectivity index (χ1v) is 9.83. The minimum atomic E-state index is 0. The number of pyridine rings is 1. The van der Waals surface area contributed by atoms with E-state index in [0.29, 0.717) is 6.54 Å². The van der Waals surface area contributed by atoms with Crippen LogP contribution in [0.2, 0.25) is 0 Å². The highest BCUT2D eigenvalue weighted by atomic mass is 127. The quantitative estimate of drug-likeness (QED) is 0.289. The van der Waals surface area contributed by atoms with E-state index in [1.165, 1.54) is 6.42 Å². The van der Waals surface area contributed by atoms with Gasteiger partial charge in [-0.05, 0) is 43.5 Å². The highest BCUT2D eigenvalue weighted by Gasteiger charge is 2.14. The second-order valence-electron chi connectivity index (χ2n) is 6.84. The number of furan rings is 1. The van der Waals surface area contributed by atoms with Crippen molar-refractivity contribution in [2.75, 3.05) is 19.7 Å². The zero-order valence-electron chi connectivity index (χ0n) is 16.3. The first-order chi connectivity index (χ1) is 13.9. The summed E-state index contributed by atoms with van der Waals surface area (Å²) < 4.78 is 13.2. The summed E-state index contributed by atoms with van der Waals surface area (Å²) in [5, 5.41) is 15.2. The maximum absolute atomic E-state index is 5.81. The maximum Gasteiger partial charge on any atom is 0.191 e. The summed E-state index contributed by atoms with van der Waals surface area (Å²) in [4.78, 5) is 4.70. The topological polar surface area (TPSA) is 89.0 Å². The number of nitrogens with zero attached hydrogens (tertiary/aromatic N) is 4. The number of aliphatic imine (C=N–C) groups is 1. The molecule has 9 heteroatoms. The van der Waals surface area contributed by atoms with Gasteiger partial charge in [0.05, 0.1) is 12.4 Å². The minimum Gasteiger partial charge on any atom is -0.469 e. The molecule has 0 radical (unpaired) electrons. The lowest BCUT2D eigenvalue weighted by molar-refractivity contribution is 0.0194. The molecule has 1 atom stereocenters. The molecule has 8 nitrogen and oxygen atoms in total. The fraction of sp³-hybridized carbons (Fsp3) is 0.450. The molecule has 1 unspecified atom stereocenters. The van der Waals surface area contributed by atoms with Gasteiger partial charge in [0.1, 0.15) is 12.3 Å². The summed E-state index contributed by atoms with van der Waals surface area (Å²) in [5.41, 5.74) is 0.823. The predicted molar refractivity (Wildman–Crippen MR) is 122 cm³/mol. The SMILES string of the molecule is I.c1coc(CCNC(=NCc2nnc3ccccn23)NCC2CCCCO2)c1. The molecule has 4 rings (SSSR count). The number of aromatic nitrogens is 3. The number of halogens is 1. The van der Waals surface area contributed by atoms with Gasteiger partial charge in [0.15, 0.2) is 17.4 Å². The number of ether oxygens (including phenoxy) is 1. The summed E-state index contributed by atoms with van der Waals surface area (Å²) >= 11 is 0. The Labute approximate surface area is 187 Å². The molecule has 1 aliphatic rings. The highest BCUT2D eigenvalue weighted by molar-refractivity contribution is 14.0. The molecule has 0 amide bonds. The van der Waals surface area contributed by atoms with Crippen LogP contribution in [-0.2, 0) is 17.7 Å². The second kappa shape index (κ2) is 11.1. The number of hydrogen-bond acceptors (Lipinski definition) is 5. The number of hydrogen-bond donors (Lipinski definition) is 2. The van der Waals surface area contributed by atoms with Gasteiger partial charge in [-0.1, -0.05) is 6.07 Å². The molecule has 0 aromatic carbocycles. The number of guanidine groups is 1. The zero-order valence-corrected chi connectivity index (χ0v) is 18.6. The molecule has 0 aliphatic carbocycles. The van der Waals surface area contributed by atoms with Crippen molar-refractivity contribution in [2.24, 2.45) is 4.99 Å². The summed E-state index contributed by atoms with van der Waals surface area (Å²) in [5.74, 6) is 2.50. The van der Waals surface area contributed by atoms with Crippen molar-refractivity contribution in [1.29, 1.82) is 0 Å². The molecule has 0 spiro atoms. The maximum atomic E-state index is 5.81. The van der Waals surface area contributed by atoms with Crippen molar-refractivity contribution >= 4 is 35.6 Å². The summed E-state index contributed by atoms with van der Waals surface area (Å²) in [6.45, 7) is 2.75. The minimum absolute atomic E-state index is 0. The summed E-state index contributed by atoms with van der Waals surface area (Å²) in [7, 11) is 0. The van der Waals surface area contributed by atoms with E-state index in [0.717, 1.165) is 62.2 Å². The summed E-state index contributed by atoms with van der Waals surface area (Å²) in [6.07, 6.45) is 8.13. The molecule has 3 aromatic rings. The van der Waals surface area contributed by atoms with Crippen molar-refractivity contribution in [2.45, 2.75) is 38.3 Å². The molecule has 1 saturated heterocycles. The Kier molecular flexibility index (Phi) is 8.29. The molecule has 2 N–H and O–H groups in total. The molecule has 3 aromatic heterocycles. The van der Waals surface area contributed by atoms with Crippen molar-refractivity contribution in [3.8, 4) is 0 Å². The fourth-order valence-electron chi connectivity index (χ4n) is 3.26. The van der Waals surface area contributed by atoms with Gasteiger partial charge < -0.3 is 19.8 Å². The summed E-state index contributed by atoms with van der Waals surface area (Å²) in [6, 6.07) is 9.72. The molecule has 156 valence electrons. The molecule has 1 fully saturated rings. The third kappa shape index (κ3) is 6.17. The fourth-order valence-corrected chi connectivity index (χ4v) is 3.26. The number of fused-ring (bicyclic) bond motifs is 1. The van der Waals surface area contributed by atoms with Crippen LogP contribution < -0.4 is 10.6 Å². The third-order valence-corrected chi connectivity index (χ3v) is 4.78. The normalized spacial score (nSPS) is 17.1. The van der Waals surface area contributed by atoms with E-state index < -0.39 is 0 Å². The smallest absolute Gasteiger partial charge is 0.191 e. The first-order valence-electron chi connectivity index (χ1n) is 9.83. The van der Waals surface area contributed by atoms with Crippen LogP contribution in [0.25, 0.3) is 5.65 Å². The lowest BCUT2D eigenvalue weighted by Crippen LogP contribution is -2.43. The van der Waals surface area contributed by atoms with Gasteiger partial charge in [-0.2, -0.15) is 0 Å². The van der Waals surface area contributed by atoms with Crippen molar-refractivity contribution in [1.82, 2.24) is 25.2 Å². The van der Waals surface area contributed by atoms with E-state index in [9.17, 15) is 0 Å². The van der Waals surface area contributed by atoms with Gasteiger partial charge in [-0.15, -0.1) is 34.2 Å². The molecular weight excluding hydrogens is 483 g/mol. The van der Waals surface area contributed by atoms with Gasteiger partial charge in [-0.3, -0.25) is 4.40 Å². The second-order valence-corrected chi connectivity index (χ2v) is 6.84. The van der Waals surface area contributed by atoms with Gasteiger partial charge in [0.25, 0.3) is 0 Å². The zero-order chi connectivity index (χ0) is 19.0. The van der Waals surface area contributed by atoms with E-state index in [2.05, 4.69) is 20.8 Å². The lowest BCUT2D eigenvalue weighted by atomic mass is 10.1. The Balaban J connectivity index is 0.00000240. The van der Waals surface area contributed by atoms with Crippen molar-refractivity contribution < 1.29 is 9.15 Å². The van der Waals surface area contributed by atoms with Gasteiger partial charge in [0, 0.05) is 32.3 Å². The largest absolute Gasteiger partial charge is 0.469 e. The average molecular weight is 510 g/mol. The third-order valence-electron chi connectivity index (χ3n) is 4.78. The van der Waals surface area contributed by atoms with Crippen LogP contribution >= 0.6 is 24.0 Å². The average Bonchev–Trinajstić information content (AvgIpc) is 3.40. The highest BCUT2D eigenvalue weighted by Crippen LogP contribution is 2.11.